The van der Waals surface area contributed by atoms with E-state index in [4.69, 9.17) is 0 Å². The van der Waals surface area contributed by atoms with Crippen LogP contribution in [0.2, 0.25) is 0 Å². The summed E-state index contributed by atoms with van der Waals surface area (Å²) in [7, 11) is 1.72. The van der Waals surface area contributed by atoms with Crippen molar-refractivity contribution in [3.63, 3.8) is 0 Å². The predicted molar refractivity (Wildman–Crippen MR) is 79.3 cm³/mol. The summed E-state index contributed by atoms with van der Waals surface area (Å²) in [5.74, 6) is 0. The van der Waals surface area contributed by atoms with Crippen molar-refractivity contribution in [2.45, 2.75) is 0 Å². The Hall–Kier alpha value is -2.82. The van der Waals surface area contributed by atoms with Crippen LogP contribution in [0.3, 0.4) is 0 Å². The minimum atomic E-state index is -0.223. The minimum absolute atomic E-state index is 0.223. The Labute approximate surface area is 116 Å². The van der Waals surface area contributed by atoms with Gasteiger partial charge in [-0.15, -0.1) is 0 Å². The zero-order chi connectivity index (χ0) is 13.9. The first-order chi connectivity index (χ1) is 9.75. The number of pyridine rings is 1. The monoisotopic (exact) mass is 266 g/mol. The first-order valence-electron chi connectivity index (χ1n) is 6.27. The van der Waals surface area contributed by atoms with Crippen LogP contribution in [0.5, 0.6) is 0 Å². The van der Waals surface area contributed by atoms with Gasteiger partial charge in [-0.05, 0) is 24.3 Å². The highest BCUT2D eigenvalue weighted by atomic mass is 16.2. The SMILES string of the molecule is CN(C(=O)Nc1cccnc1)n1ccc2ccccc21. The van der Waals surface area contributed by atoms with E-state index >= 15 is 0 Å². The lowest BCUT2D eigenvalue weighted by Crippen LogP contribution is -2.39. The highest BCUT2D eigenvalue weighted by Gasteiger charge is 2.12. The summed E-state index contributed by atoms with van der Waals surface area (Å²) in [5.41, 5.74) is 1.65. The lowest BCUT2D eigenvalue weighted by atomic mass is 10.3. The van der Waals surface area contributed by atoms with Gasteiger partial charge in [-0.3, -0.25) is 9.66 Å². The van der Waals surface area contributed by atoms with E-state index in [2.05, 4.69) is 10.3 Å². The fourth-order valence-corrected chi connectivity index (χ4v) is 2.07. The molecule has 5 heteroatoms. The molecular weight excluding hydrogens is 252 g/mol. The molecule has 2 heterocycles. The second-order valence-electron chi connectivity index (χ2n) is 4.41. The first-order valence-corrected chi connectivity index (χ1v) is 6.27. The van der Waals surface area contributed by atoms with Crippen LogP contribution in [0.15, 0.2) is 61.1 Å². The van der Waals surface area contributed by atoms with Crippen molar-refractivity contribution in [3.8, 4) is 0 Å². The van der Waals surface area contributed by atoms with Gasteiger partial charge in [-0.25, -0.2) is 9.80 Å². The maximum absolute atomic E-state index is 12.2. The number of rotatable bonds is 2. The molecule has 0 atom stereocenters. The van der Waals surface area contributed by atoms with Crippen molar-refractivity contribution in [1.82, 2.24) is 9.66 Å². The predicted octanol–water partition coefficient (Wildman–Crippen LogP) is 2.84. The molecule has 2 aromatic heterocycles. The van der Waals surface area contributed by atoms with Gasteiger partial charge in [0, 0.05) is 24.8 Å². The molecule has 0 fully saturated rings. The summed E-state index contributed by atoms with van der Waals surface area (Å²) in [5, 5.41) is 5.41. The average molecular weight is 266 g/mol. The molecule has 0 bridgehead atoms. The van der Waals surface area contributed by atoms with Crippen molar-refractivity contribution < 1.29 is 4.79 Å². The van der Waals surface area contributed by atoms with E-state index in [0.717, 1.165) is 10.9 Å². The molecule has 0 radical (unpaired) electrons. The second-order valence-corrected chi connectivity index (χ2v) is 4.41. The van der Waals surface area contributed by atoms with Crippen LogP contribution >= 0.6 is 0 Å². The third-order valence-electron chi connectivity index (χ3n) is 3.11. The van der Waals surface area contributed by atoms with E-state index < -0.39 is 0 Å². The standard InChI is InChI=1S/C15H14N4O/c1-18(15(20)17-13-6-4-9-16-11-13)19-10-8-12-5-2-3-7-14(12)19/h2-11H,1H3,(H,17,20). The zero-order valence-corrected chi connectivity index (χ0v) is 11.0. The van der Waals surface area contributed by atoms with Crippen LogP contribution in [0.1, 0.15) is 0 Å². The largest absolute Gasteiger partial charge is 0.340 e. The number of amides is 2. The number of benzene rings is 1. The van der Waals surface area contributed by atoms with Crippen LogP contribution in [-0.2, 0) is 0 Å². The molecule has 0 saturated carbocycles. The molecule has 1 aromatic carbocycles. The van der Waals surface area contributed by atoms with Gasteiger partial charge < -0.3 is 5.32 Å². The third kappa shape index (κ3) is 2.21. The molecular formula is C15H14N4O. The third-order valence-corrected chi connectivity index (χ3v) is 3.11. The molecule has 0 saturated heterocycles. The Morgan fingerprint density at radius 3 is 2.85 bits per heavy atom. The molecule has 0 aliphatic heterocycles. The maximum atomic E-state index is 12.2. The molecule has 3 rings (SSSR count). The topological polar surface area (TPSA) is 50.2 Å². The molecule has 100 valence electrons. The normalized spacial score (nSPS) is 10.4. The fraction of sp³-hybridized carbons (Fsp3) is 0.0667. The Morgan fingerprint density at radius 1 is 1.20 bits per heavy atom. The van der Waals surface area contributed by atoms with Crippen molar-refractivity contribution in [2.24, 2.45) is 0 Å². The van der Waals surface area contributed by atoms with Crippen molar-refractivity contribution in [2.75, 3.05) is 17.4 Å². The molecule has 20 heavy (non-hydrogen) atoms. The first kappa shape index (κ1) is 12.2. The molecule has 0 aliphatic carbocycles. The lowest BCUT2D eigenvalue weighted by molar-refractivity contribution is 0.254. The number of hydrogen-bond donors (Lipinski definition) is 1. The summed E-state index contributed by atoms with van der Waals surface area (Å²) in [6.07, 6.45) is 5.14. The number of hydrogen-bond acceptors (Lipinski definition) is 2. The Kier molecular flexibility index (Phi) is 3.09. The molecule has 3 aromatic rings. The van der Waals surface area contributed by atoms with Crippen molar-refractivity contribution in [3.05, 3.63) is 61.1 Å². The van der Waals surface area contributed by atoms with E-state index in [1.54, 1.807) is 36.3 Å². The summed E-state index contributed by atoms with van der Waals surface area (Å²) < 4.78 is 1.81. The van der Waals surface area contributed by atoms with E-state index in [1.165, 1.54) is 5.01 Å². The van der Waals surface area contributed by atoms with Gasteiger partial charge in [0.2, 0.25) is 0 Å². The quantitative estimate of drug-likeness (QED) is 0.775. The Balaban J connectivity index is 1.85. The Bertz CT molecular complexity index is 736. The number of fused-ring (bicyclic) bond motifs is 1. The van der Waals surface area contributed by atoms with Gasteiger partial charge >= 0.3 is 6.03 Å². The van der Waals surface area contributed by atoms with Crippen molar-refractivity contribution >= 4 is 22.6 Å². The molecule has 1 N–H and O–H groups in total. The lowest BCUT2D eigenvalue weighted by Gasteiger charge is -2.20. The number of carbonyl (C=O) groups excluding carboxylic acids is 1. The van der Waals surface area contributed by atoms with E-state index in [-0.39, 0.29) is 6.03 Å². The number of para-hydroxylation sites is 1. The van der Waals surface area contributed by atoms with Crippen LogP contribution in [-0.4, -0.2) is 22.7 Å². The number of anilines is 1. The molecule has 0 spiro atoms. The summed E-state index contributed by atoms with van der Waals surface area (Å²) >= 11 is 0. The number of aromatic nitrogens is 2. The minimum Gasteiger partial charge on any atom is -0.305 e. The van der Waals surface area contributed by atoms with Gasteiger partial charge in [-0.1, -0.05) is 18.2 Å². The van der Waals surface area contributed by atoms with Gasteiger partial charge in [0.15, 0.2) is 0 Å². The van der Waals surface area contributed by atoms with E-state index in [1.807, 2.05) is 36.5 Å². The summed E-state index contributed by atoms with van der Waals surface area (Å²) in [6, 6.07) is 13.2. The molecule has 0 aliphatic rings. The smallest absolute Gasteiger partial charge is 0.305 e. The van der Waals surface area contributed by atoms with Gasteiger partial charge in [0.05, 0.1) is 17.4 Å². The number of nitrogens with one attached hydrogen (secondary N) is 1. The Morgan fingerprint density at radius 2 is 2.05 bits per heavy atom. The fourth-order valence-electron chi connectivity index (χ4n) is 2.07. The number of carbonyl (C=O) groups is 1. The van der Waals surface area contributed by atoms with Gasteiger partial charge in [0.1, 0.15) is 0 Å². The second kappa shape index (κ2) is 5.05. The average Bonchev–Trinajstić information content (AvgIpc) is 2.91. The van der Waals surface area contributed by atoms with E-state index in [9.17, 15) is 4.79 Å². The maximum Gasteiger partial charge on any atom is 0.340 e. The molecule has 2 amide bonds. The molecule has 5 nitrogen and oxygen atoms in total. The van der Waals surface area contributed by atoms with Crippen LogP contribution in [0, 0.1) is 0 Å². The number of urea groups is 1. The van der Waals surface area contributed by atoms with Crippen LogP contribution in [0.4, 0.5) is 10.5 Å². The van der Waals surface area contributed by atoms with Crippen molar-refractivity contribution in [1.29, 1.82) is 0 Å². The summed E-state index contributed by atoms with van der Waals surface area (Å²) in [6.45, 7) is 0. The molecule has 0 unspecified atom stereocenters. The van der Waals surface area contributed by atoms with Gasteiger partial charge in [-0.2, -0.15) is 0 Å². The van der Waals surface area contributed by atoms with Gasteiger partial charge in [0.25, 0.3) is 0 Å². The van der Waals surface area contributed by atoms with E-state index in [0.29, 0.717) is 5.69 Å². The highest BCUT2D eigenvalue weighted by Crippen LogP contribution is 2.15. The highest BCUT2D eigenvalue weighted by molar-refractivity contribution is 5.97. The summed E-state index contributed by atoms with van der Waals surface area (Å²) in [4.78, 5) is 16.2. The van der Waals surface area contributed by atoms with Crippen LogP contribution < -0.4 is 10.3 Å². The van der Waals surface area contributed by atoms with Crippen LogP contribution in [0.25, 0.3) is 10.9 Å². The zero-order valence-electron chi connectivity index (χ0n) is 11.0. The number of nitrogens with zero attached hydrogens (tertiary/aromatic N) is 3.